The van der Waals surface area contributed by atoms with E-state index >= 15 is 0 Å². The lowest BCUT2D eigenvalue weighted by Crippen LogP contribution is -2.43. The van der Waals surface area contributed by atoms with Crippen LogP contribution in [0.1, 0.15) is 6.42 Å². The molecule has 1 aromatic heterocycles. The van der Waals surface area contributed by atoms with Gasteiger partial charge in [-0.3, -0.25) is 4.57 Å². The molecule has 1 amide bonds. The van der Waals surface area contributed by atoms with Crippen LogP contribution >= 0.6 is 0 Å². The molecule has 0 radical (unpaired) electrons. The predicted molar refractivity (Wildman–Crippen MR) is 43.1 cm³/mol. The fourth-order valence-electron chi connectivity index (χ4n) is 1.18. The van der Waals surface area contributed by atoms with E-state index in [1.807, 2.05) is 0 Å². The maximum absolute atomic E-state index is 11.4. The monoisotopic (exact) mass is 166 g/mol. The number of hydrogen-bond donors (Lipinski definition) is 1. The van der Waals surface area contributed by atoms with Gasteiger partial charge in [-0.1, -0.05) is 0 Å². The Hall–Kier alpha value is -1.45. The van der Waals surface area contributed by atoms with Crippen molar-refractivity contribution in [3.05, 3.63) is 18.5 Å². The van der Waals surface area contributed by atoms with Gasteiger partial charge in [-0.2, -0.15) is 0 Å². The van der Waals surface area contributed by atoms with Crippen molar-refractivity contribution in [2.75, 3.05) is 13.1 Å². The Kier molecular flexibility index (Phi) is 1.53. The summed E-state index contributed by atoms with van der Waals surface area (Å²) in [6.07, 6.45) is 4.07. The Balaban J connectivity index is 2.13. The van der Waals surface area contributed by atoms with Crippen molar-refractivity contribution < 1.29 is 9.90 Å². The lowest BCUT2D eigenvalue weighted by atomic mass is 10.2. The minimum atomic E-state index is -0.0541. The summed E-state index contributed by atoms with van der Waals surface area (Å²) in [5.74, 6) is 0.129. The highest BCUT2D eigenvalue weighted by Crippen LogP contribution is 2.12. The van der Waals surface area contributed by atoms with E-state index in [0.717, 1.165) is 19.5 Å². The van der Waals surface area contributed by atoms with Crippen LogP contribution in [0, 0.1) is 0 Å². The molecular weight excluding hydrogens is 156 g/mol. The Morgan fingerprint density at radius 3 is 2.67 bits per heavy atom. The van der Waals surface area contributed by atoms with Gasteiger partial charge in [-0.25, -0.2) is 4.79 Å². The molecule has 0 unspecified atom stereocenters. The van der Waals surface area contributed by atoms with Crippen molar-refractivity contribution in [3.8, 4) is 5.75 Å². The number of carbonyl (C=O) groups excluding carboxylic acids is 1. The van der Waals surface area contributed by atoms with Gasteiger partial charge in [-0.05, 0) is 12.5 Å². The highest BCUT2D eigenvalue weighted by molar-refractivity contribution is 5.78. The van der Waals surface area contributed by atoms with Crippen LogP contribution in [0.2, 0.25) is 0 Å². The first-order chi connectivity index (χ1) is 5.77. The quantitative estimate of drug-likeness (QED) is 0.621. The van der Waals surface area contributed by atoms with Gasteiger partial charge in [0.25, 0.3) is 0 Å². The molecule has 0 spiro atoms. The van der Waals surface area contributed by atoms with Crippen molar-refractivity contribution in [2.45, 2.75) is 6.42 Å². The molecule has 1 aliphatic rings. The number of aromatic hydroxyl groups is 1. The van der Waals surface area contributed by atoms with Crippen LogP contribution in [0.25, 0.3) is 0 Å². The van der Waals surface area contributed by atoms with Crippen LogP contribution in [0.15, 0.2) is 18.5 Å². The van der Waals surface area contributed by atoms with E-state index in [1.165, 1.54) is 16.8 Å². The Labute approximate surface area is 70.0 Å². The molecule has 0 atom stereocenters. The zero-order valence-electron chi connectivity index (χ0n) is 6.60. The topological polar surface area (TPSA) is 45.5 Å². The SMILES string of the molecule is O=C(N1CCC1)n1ccc(O)c1. The smallest absolute Gasteiger partial charge is 0.328 e. The highest BCUT2D eigenvalue weighted by Gasteiger charge is 2.21. The fraction of sp³-hybridized carbons (Fsp3) is 0.375. The summed E-state index contributed by atoms with van der Waals surface area (Å²) in [4.78, 5) is 13.2. The third kappa shape index (κ3) is 1.05. The Morgan fingerprint density at radius 2 is 2.25 bits per heavy atom. The van der Waals surface area contributed by atoms with Crippen LogP contribution < -0.4 is 0 Å². The number of aromatic nitrogens is 1. The van der Waals surface area contributed by atoms with Gasteiger partial charge < -0.3 is 10.0 Å². The van der Waals surface area contributed by atoms with E-state index < -0.39 is 0 Å². The van der Waals surface area contributed by atoms with Crippen molar-refractivity contribution in [1.82, 2.24) is 9.47 Å². The third-order valence-corrected chi connectivity index (χ3v) is 2.02. The molecule has 12 heavy (non-hydrogen) atoms. The first-order valence-corrected chi connectivity index (χ1v) is 3.93. The Morgan fingerprint density at radius 1 is 1.50 bits per heavy atom. The number of hydrogen-bond acceptors (Lipinski definition) is 2. The average molecular weight is 166 g/mol. The summed E-state index contributed by atoms with van der Waals surface area (Å²) in [5, 5.41) is 8.98. The predicted octanol–water partition coefficient (Wildman–Crippen LogP) is 0.867. The summed E-state index contributed by atoms with van der Waals surface area (Å²) in [5.41, 5.74) is 0. The molecule has 0 aromatic carbocycles. The molecule has 0 bridgehead atoms. The summed E-state index contributed by atoms with van der Waals surface area (Å²) < 4.78 is 1.40. The van der Waals surface area contributed by atoms with Crippen LogP contribution in [0.3, 0.4) is 0 Å². The van der Waals surface area contributed by atoms with Gasteiger partial charge in [0.1, 0.15) is 5.75 Å². The molecule has 0 aliphatic carbocycles. The van der Waals surface area contributed by atoms with Crippen LogP contribution in [0.5, 0.6) is 5.75 Å². The number of carbonyl (C=O) groups is 1. The van der Waals surface area contributed by atoms with E-state index in [2.05, 4.69) is 0 Å². The molecule has 1 aliphatic heterocycles. The standard InChI is InChI=1S/C8H10N2O2/c11-7-2-5-10(6-7)8(12)9-3-1-4-9/h2,5-6,11H,1,3-4H2. The largest absolute Gasteiger partial charge is 0.506 e. The molecule has 1 saturated heterocycles. The minimum Gasteiger partial charge on any atom is -0.506 e. The van der Waals surface area contributed by atoms with Gasteiger partial charge in [0, 0.05) is 19.3 Å². The molecule has 4 heteroatoms. The lowest BCUT2D eigenvalue weighted by Gasteiger charge is -2.30. The summed E-state index contributed by atoms with van der Waals surface area (Å²) in [6.45, 7) is 1.66. The van der Waals surface area contributed by atoms with Gasteiger partial charge in [0.2, 0.25) is 0 Å². The second-order valence-corrected chi connectivity index (χ2v) is 2.90. The normalized spacial score (nSPS) is 15.8. The molecular formula is C8H10N2O2. The maximum Gasteiger partial charge on any atom is 0.328 e. The molecule has 1 N–H and O–H groups in total. The van der Waals surface area contributed by atoms with E-state index in [9.17, 15) is 4.79 Å². The van der Waals surface area contributed by atoms with Crippen LogP contribution in [-0.4, -0.2) is 33.7 Å². The fourth-order valence-corrected chi connectivity index (χ4v) is 1.18. The van der Waals surface area contributed by atoms with Crippen molar-refractivity contribution in [2.24, 2.45) is 0 Å². The summed E-state index contributed by atoms with van der Waals surface area (Å²) in [7, 11) is 0. The highest BCUT2D eigenvalue weighted by atomic mass is 16.3. The second kappa shape index (κ2) is 2.55. The van der Waals surface area contributed by atoms with E-state index in [4.69, 9.17) is 5.11 Å². The first-order valence-electron chi connectivity index (χ1n) is 3.93. The number of rotatable bonds is 0. The van der Waals surface area contributed by atoms with Gasteiger partial charge >= 0.3 is 6.03 Å². The van der Waals surface area contributed by atoms with Gasteiger partial charge in [0.15, 0.2) is 0 Å². The third-order valence-electron chi connectivity index (χ3n) is 2.02. The van der Waals surface area contributed by atoms with Crippen molar-refractivity contribution in [3.63, 3.8) is 0 Å². The maximum atomic E-state index is 11.4. The van der Waals surface area contributed by atoms with Crippen molar-refractivity contribution in [1.29, 1.82) is 0 Å². The van der Waals surface area contributed by atoms with Crippen LogP contribution in [-0.2, 0) is 0 Å². The summed E-state index contributed by atoms with van der Waals surface area (Å²) >= 11 is 0. The molecule has 4 nitrogen and oxygen atoms in total. The second-order valence-electron chi connectivity index (χ2n) is 2.90. The average Bonchev–Trinajstić information content (AvgIpc) is 2.31. The van der Waals surface area contributed by atoms with Gasteiger partial charge in [-0.15, -0.1) is 0 Å². The molecule has 0 saturated carbocycles. The molecule has 1 fully saturated rings. The van der Waals surface area contributed by atoms with Crippen molar-refractivity contribution >= 4 is 6.03 Å². The number of likely N-dealkylation sites (tertiary alicyclic amines) is 1. The summed E-state index contributed by atoms with van der Waals surface area (Å²) in [6, 6.07) is 1.44. The lowest BCUT2D eigenvalue weighted by molar-refractivity contribution is 0.169. The number of amides is 1. The number of nitrogens with zero attached hydrogens (tertiary/aromatic N) is 2. The molecule has 2 rings (SSSR count). The van der Waals surface area contributed by atoms with E-state index in [-0.39, 0.29) is 11.8 Å². The molecule has 1 aromatic rings. The molecule has 2 heterocycles. The van der Waals surface area contributed by atoms with E-state index in [0.29, 0.717) is 0 Å². The van der Waals surface area contributed by atoms with E-state index in [1.54, 1.807) is 11.1 Å². The Bertz CT molecular complexity index is 302. The van der Waals surface area contributed by atoms with Gasteiger partial charge in [0.05, 0.1) is 6.20 Å². The zero-order chi connectivity index (χ0) is 8.55. The van der Waals surface area contributed by atoms with Crippen LogP contribution in [0.4, 0.5) is 4.79 Å². The minimum absolute atomic E-state index is 0.0541. The zero-order valence-corrected chi connectivity index (χ0v) is 6.60. The first kappa shape index (κ1) is 7.21. The molecule has 64 valence electrons.